The zero-order valence-corrected chi connectivity index (χ0v) is 17.2. The molecule has 0 aromatic heterocycles. The third kappa shape index (κ3) is 8.81. The Labute approximate surface area is 199 Å². The molecule has 2 aromatic carbocycles. The van der Waals surface area contributed by atoms with Gasteiger partial charge in [-0.1, -0.05) is 76.1 Å². The normalized spacial score (nSPS) is 22.3. The first kappa shape index (κ1) is 11.7. The largest absolute Gasteiger partial charge is 0.481 e. The van der Waals surface area contributed by atoms with Crippen molar-refractivity contribution in [1.29, 1.82) is 0 Å². The molecule has 0 aliphatic rings. The van der Waals surface area contributed by atoms with Crippen molar-refractivity contribution in [1.82, 2.24) is 0 Å². The van der Waals surface area contributed by atoms with Gasteiger partial charge in [-0.05, 0) is 60.6 Å². The lowest BCUT2D eigenvalue weighted by atomic mass is 9.97. The Balaban J connectivity index is 0.000000517. The van der Waals surface area contributed by atoms with Crippen molar-refractivity contribution < 1.29 is 37.6 Å². The third-order valence-corrected chi connectivity index (χ3v) is 4.15. The number of rotatable bonds is 8. The van der Waals surface area contributed by atoms with Gasteiger partial charge in [-0.2, -0.15) is 0 Å². The predicted molar refractivity (Wildman–Crippen MR) is 122 cm³/mol. The molecule has 0 aliphatic carbocycles. The van der Waals surface area contributed by atoms with Crippen LogP contribution in [-0.4, -0.2) is 22.2 Å². The van der Waals surface area contributed by atoms with Crippen molar-refractivity contribution in [3.63, 3.8) is 0 Å². The Morgan fingerprint density at radius 1 is 0.867 bits per heavy atom. The van der Waals surface area contributed by atoms with Gasteiger partial charge in [-0.25, -0.2) is 0 Å². The average Bonchev–Trinajstić information content (AvgIpc) is 2.85. The van der Waals surface area contributed by atoms with E-state index in [2.05, 4.69) is 13.8 Å². The molecule has 0 radical (unpaired) electrons. The van der Waals surface area contributed by atoms with E-state index in [9.17, 15) is 14.7 Å². The van der Waals surface area contributed by atoms with Crippen LogP contribution >= 0.6 is 0 Å². The quantitative estimate of drug-likeness (QED) is 0.532. The smallest absolute Gasteiger partial charge is 0.310 e. The summed E-state index contributed by atoms with van der Waals surface area (Å²) in [5, 5.41) is 18.0. The van der Waals surface area contributed by atoms with Gasteiger partial charge in [0.2, 0.25) is 0 Å². The SMILES string of the molecule is CC(C)Cc1ccc(C(C)C(=O)O)cc1.[2H]C([2H])([2H])C([2H])(C(=O)O)c1ccc(C([2H])([2H])C([2H])(C([2H])([2H])[2H])C([2H])([2H])[2H])cc1. The van der Waals surface area contributed by atoms with Crippen molar-refractivity contribution >= 4 is 11.9 Å². The molecule has 0 fully saturated rings. The van der Waals surface area contributed by atoms with Gasteiger partial charge in [0.05, 0.1) is 11.8 Å². The van der Waals surface area contributed by atoms with E-state index in [1.165, 1.54) is 5.56 Å². The number of carboxylic acids is 2. The van der Waals surface area contributed by atoms with Gasteiger partial charge >= 0.3 is 11.9 Å². The Morgan fingerprint density at radius 3 is 1.83 bits per heavy atom. The number of benzene rings is 2. The molecule has 4 nitrogen and oxygen atoms in total. The lowest BCUT2D eigenvalue weighted by Gasteiger charge is -2.09. The van der Waals surface area contributed by atoms with Crippen LogP contribution in [0.2, 0.25) is 0 Å². The number of hydrogen-bond acceptors (Lipinski definition) is 2. The summed E-state index contributed by atoms with van der Waals surface area (Å²) in [6, 6.07) is 11.0. The summed E-state index contributed by atoms with van der Waals surface area (Å²) in [5.74, 6) is -9.19. The van der Waals surface area contributed by atoms with E-state index in [1.807, 2.05) is 24.3 Å². The van der Waals surface area contributed by atoms with Crippen LogP contribution in [0.25, 0.3) is 0 Å². The second-order valence-corrected chi connectivity index (χ2v) is 7.16. The molecule has 0 saturated heterocycles. The van der Waals surface area contributed by atoms with Crippen molar-refractivity contribution in [3.8, 4) is 0 Å². The fourth-order valence-corrected chi connectivity index (χ4v) is 2.54. The van der Waals surface area contributed by atoms with Crippen molar-refractivity contribution in [2.45, 2.75) is 65.9 Å². The predicted octanol–water partition coefficient (Wildman–Crippen LogP) is 6.15. The van der Waals surface area contributed by atoms with Crippen LogP contribution in [0.1, 0.15) is 93.2 Å². The molecule has 2 rings (SSSR count). The molecular weight excluding hydrogens is 376 g/mol. The number of aliphatic carboxylic acids is 2. The summed E-state index contributed by atoms with van der Waals surface area (Å²) in [6.45, 7) is -4.34. The number of carbonyl (C=O) groups is 2. The Morgan fingerprint density at radius 2 is 1.40 bits per heavy atom. The van der Waals surface area contributed by atoms with E-state index in [1.54, 1.807) is 6.92 Å². The van der Waals surface area contributed by atoms with E-state index in [-0.39, 0.29) is 0 Å². The van der Waals surface area contributed by atoms with E-state index < -0.39 is 67.7 Å². The molecule has 0 saturated carbocycles. The maximum absolute atomic E-state index is 11.4. The minimum Gasteiger partial charge on any atom is -0.481 e. The van der Waals surface area contributed by atoms with E-state index >= 15 is 0 Å². The molecule has 0 heterocycles. The van der Waals surface area contributed by atoms with Gasteiger partial charge in [0.25, 0.3) is 0 Å². The number of hydrogen-bond donors (Lipinski definition) is 2. The third-order valence-electron chi connectivity index (χ3n) is 4.15. The lowest BCUT2D eigenvalue weighted by Crippen LogP contribution is -2.07. The van der Waals surface area contributed by atoms with Crippen LogP contribution in [0.15, 0.2) is 48.5 Å². The van der Waals surface area contributed by atoms with E-state index in [4.69, 9.17) is 22.9 Å². The molecule has 0 aliphatic heterocycles. The highest BCUT2D eigenvalue weighted by Crippen LogP contribution is 2.18. The summed E-state index contributed by atoms with van der Waals surface area (Å²) >= 11 is 0. The highest BCUT2D eigenvalue weighted by Gasteiger charge is 2.13. The van der Waals surface area contributed by atoms with Gasteiger partial charge < -0.3 is 10.2 Å². The zero-order chi connectivity index (χ0) is 34.0. The molecular formula is C26H36O4. The van der Waals surface area contributed by atoms with E-state index in [0.29, 0.717) is 5.92 Å². The zero-order valence-electron chi connectivity index (χ0n) is 30.2. The van der Waals surface area contributed by atoms with Crippen LogP contribution in [0.4, 0.5) is 0 Å². The van der Waals surface area contributed by atoms with Crippen molar-refractivity contribution in [2.75, 3.05) is 0 Å². The highest BCUT2D eigenvalue weighted by molar-refractivity contribution is 5.75. The van der Waals surface area contributed by atoms with Gasteiger partial charge in [-0.3, -0.25) is 9.59 Å². The fourth-order valence-electron chi connectivity index (χ4n) is 2.54. The molecule has 0 bridgehead atoms. The molecule has 30 heavy (non-hydrogen) atoms. The van der Waals surface area contributed by atoms with Gasteiger partial charge in [0.1, 0.15) is 0 Å². The second kappa shape index (κ2) is 12.2. The molecule has 164 valence electrons. The van der Waals surface area contributed by atoms with Crippen LogP contribution in [0.5, 0.6) is 0 Å². The molecule has 4 heteroatoms. The molecule has 2 aromatic rings. The van der Waals surface area contributed by atoms with Gasteiger partial charge in [0.15, 0.2) is 0 Å². The maximum atomic E-state index is 11.4. The summed E-state index contributed by atoms with van der Waals surface area (Å²) in [4.78, 5) is 22.1. The first-order valence-electron chi connectivity index (χ1n) is 15.8. The monoisotopic (exact) mass is 425 g/mol. The molecule has 0 spiro atoms. The molecule has 2 unspecified atom stereocenters. The van der Waals surface area contributed by atoms with Gasteiger partial charge in [0, 0.05) is 17.8 Å². The van der Waals surface area contributed by atoms with Crippen LogP contribution in [0, 0.1) is 11.8 Å². The van der Waals surface area contributed by atoms with Crippen LogP contribution in [0.3, 0.4) is 0 Å². The minimum atomic E-state index is -3.57. The minimum absolute atomic E-state index is 0.418. The first-order valence-corrected chi connectivity index (χ1v) is 9.32. The maximum Gasteiger partial charge on any atom is 0.310 e. The fraction of sp³-hybridized carbons (Fsp3) is 0.462. The van der Waals surface area contributed by atoms with Gasteiger partial charge in [-0.15, -0.1) is 0 Å². The molecule has 0 amide bonds. The van der Waals surface area contributed by atoms with Crippen LogP contribution in [-0.2, 0) is 22.4 Å². The lowest BCUT2D eigenvalue weighted by molar-refractivity contribution is -0.139. The molecule has 2 atom stereocenters. The molecule has 2 N–H and O–H groups in total. The first-order chi connectivity index (χ1) is 19.2. The topological polar surface area (TPSA) is 74.6 Å². The summed E-state index contributed by atoms with van der Waals surface area (Å²) in [7, 11) is 0. The highest BCUT2D eigenvalue weighted by atomic mass is 16.4. The van der Waals surface area contributed by atoms with Crippen molar-refractivity contribution in [3.05, 3.63) is 70.8 Å². The summed E-state index contributed by atoms with van der Waals surface area (Å²) < 4.78 is 98.2. The summed E-state index contributed by atoms with van der Waals surface area (Å²) in [5.41, 5.74) is 1.01. The Kier molecular flexibility index (Phi) is 4.74. The van der Waals surface area contributed by atoms with E-state index in [0.717, 1.165) is 36.2 Å². The van der Waals surface area contributed by atoms with Crippen molar-refractivity contribution in [2.24, 2.45) is 11.8 Å². The average molecular weight is 426 g/mol. The second-order valence-electron chi connectivity index (χ2n) is 7.16. The summed E-state index contributed by atoms with van der Waals surface area (Å²) in [6.07, 6.45) is -2.21. The Bertz CT molecular complexity index is 1230. The van der Waals surface area contributed by atoms with Crippen LogP contribution < -0.4 is 0 Å². The Hall–Kier alpha value is -2.62. The standard InChI is InChI=1S/2C13H18O2/c2*1-9(2)8-11-4-6-12(7-5-11)10(3)13(14)15/h2*4-7,9-10H,8H2,1-3H3,(H,14,15)/i1D3,2D3,3D3,8D2,9D,10D;. The number of carboxylic acid groups (broad SMARTS) is 2.